The number of thioether (sulfide) groups is 1. The zero-order valence-electron chi connectivity index (χ0n) is 18.6. The molecule has 11 heteroatoms. The minimum Gasteiger partial charge on any atom is -0.507 e. The Hall–Kier alpha value is -3.66. The minimum atomic E-state index is -0.677. The smallest absolute Gasteiger partial charge is 0.293 e. The summed E-state index contributed by atoms with van der Waals surface area (Å²) in [6.45, 7) is 1.60. The third kappa shape index (κ3) is 5.28. The van der Waals surface area contributed by atoms with E-state index in [1.807, 2.05) is 0 Å². The second kappa shape index (κ2) is 10.1. The van der Waals surface area contributed by atoms with Gasteiger partial charge in [-0.1, -0.05) is 29.3 Å². The molecule has 4 N–H and O–H groups in total. The van der Waals surface area contributed by atoms with Gasteiger partial charge in [-0.05, 0) is 77.9 Å². The number of halogens is 2. The maximum absolute atomic E-state index is 12.9. The molecule has 3 amide bonds. The van der Waals surface area contributed by atoms with E-state index in [2.05, 4.69) is 5.32 Å². The number of imide groups is 1. The van der Waals surface area contributed by atoms with Crippen LogP contribution in [0.1, 0.15) is 27.0 Å². The monoisotopic (exact) mass is 544 g/mol. The lowest BCUT2D eigenvalue weighted by atomic mass is 10.0. The van der Waals surface area contributed by atoms with E-state index in [0.29, 0.717) is 26.7 Å². The molecule has 0 aliphatic carbocycles. The average molecular weight is 545 g/mol. The molecule has 0 bridgehead atoms. The first-order valence-electron chi connectivity index (χ1n) is 10.4. The lowest BCUT2D eigenvalue weighted by Crippen LogP contribution is -2.27. The van der Waals surface area contributed by atoms with Crippen molar-refractivity contribution in [1.29, 1.82) is 0 Å². The summed E-state index contributed by atoms with van der Waals surface area (Å²) >= 11 is 12.7. The summed E-state index contributed by atoms with van der Waals surface area (Å²) in [7, 11) is 0. The van der Waals surface area contributed by atoms with Crippen LogP contribution in [-0.2, 0) is 11.3 Å². The SMILES string of the molecule is Cc1cc(C=C2SC(=O)N(Cc3ccc(Cl)c(Cl)c3)C2=O)cc(C(=O)Nc2ccc(O)c(O)c2)c1O. The summed E-state index contributed by atoms with van der Waals surface area (Å²) in [5.74, 6) is -2.21. The second-order valence-corrected chi connectivity index (χ2v) is 9.72. The Balaban J connectivity index is 1.58. The zero-order valence-corrected chi connectivity index (χ0v) is 20.9. The van der Waals surface area contributed by atoms with Crippen LogP contribution in [0.2, 0.25) is 10.0 Å². The third-order valence-corrected chi connectivity index (χ3v) is 6.94. The van der Waals surface area contributed by atoms with Gasteiger partial charge in [0.2, 0.25) is 0 Å². The molecule has 0 unspecified atom stereocenters. The van der Waals surface area contributed by atoms with Crippen molar-refractivity contribution in [1.82, 2.24) is 4.90 Å². The molecule has 0 saturated carbocycles. The molecule has 1 aliphatic heterocycles. The van der Waals surface area contributed by atoms with Gasteiger partial charge in [0.1, 0.15) is 5.75 Å². The van der Waals surface area contributed by atoms with Crippen LogP contribution in [0.4, 0.5) is 10.5 Å². The number of aryl methyl sites for hydroxylation is 1. The molecular weight excluding hydrogens is 527 g/mol. The maximum Gasteiger partial charge on any atom is 0.293 e. The van der Waals surface area contributed by atoms with Crippen molar-refractivity contribution in [2.75, 3.05) is 5.32 Å². The topological polar surface area (TPSA) is 127 Å². The number of carbonyl (C=O) groups excluding carboxylic acids is 3. The van der Waals surface area contributed by atoms with E-state index in [-0.39, 0.29) is 34.2 Å². The Morgan fingerprint density at radius 2 is 1.75 bits per heavy atom. The first-order valence-corrected chi connectivity index (χ1v) is 12.0. The van der Waals surface area contributed by atoms with Gasteiger partial charge < -0.3 is 20.6 Å². The number of hydrogen-bond donors (Lipinski definition) is 4. The molecule has 0 aromatic heterocycles. The van der Waals surface area contributed by atoms with Crippen molar-refractivity contribution in [3.05, 3.63) is 85.7 Å². The molecular formula is C25H18Cl2N2O6S. The van der Waals surface area contributed by atoms with E-state index in [9.17, 15) is 29.7 Å². The molecule has 36 heavy (non-hydrogen) atoms. The van der Waals surface area contributed by atoms with E-state index in [0.717, 1.165) is 22.7 Å². The fourth-order valence-electron chi connectivity index (χ4n) is 3.47. The van der Waals surface area contributed by atoms with Crippen molar-refractivity contribution in [3.8, 4) is 17.2 Å². The van der Waals surface area contributed by atoms with E-state index in [4.69, 9.17) is 23.2 Å². The van der Waals surface area contributed by atoms with Gasteiger partial charge >= 0.3 is 0 Å². The Kier molecular flexibility index (Phi) is 7.16. The van der Waals surface area contributed by atoms with Crippen LogP contribution in [0.15, 0.2) is 53.4 Å². The first-order chi connectivity index (χ1) is 17.0. The molecule has 4 rings (SSSR count). The number of aromatic hydroxyl groups is 3. The first kappa shape index (κ1) is 25.4. The van der Waals surface area contributed by atoms with Gasteiger partial charge in [-0.25, -0.2) is 0 Å². The van der Waals surface area contributed by atoms with Gasteiger partial charge in [0.25, 0.3) is 17.1 Å². The Labute approximate surface area is 219 Å². The number of anilines is 1. The van der Waals surface area contributed by atoms with E-state index >= 15 is 0 Å². The molecule has 1 aliphatic rings. The number of hydrogen-bond acceptors (Lipinski definition) is 7. The van der Waals surface area contributed by atoms with Crippen LogP contribution >= 0.6 is 35.0 Å². The maximum atomic E-state index is 12.9. The molecule has 1 fully saturated rings. The molecule has 1 heterocycles. The molecule has 0 spiro atoms. The van der Waals surface area contributed by atoms with Crippen LogP contribution < -0.4 is 5.32 Å². The molecule has 8 nitrogen and oxygen atoms in total. The minimum absolute atomic E-state index is 0.0145. The Morgan fingerprint density at radius 1 is 1.00 bits per heavy atom. The Morgan fingerprint density at radius 3 is 2.44 bits per heavy atom. The Bertz CT molecular complexity index is 1460. The zero-order chi connectivity index (χ0) is 26.1. The number of nitrogens with zero attached hydrogens (tertiary/aromatic N) is 1. The number of carbonyl (C=O) groups is 3. The molecule has 184 valence electrons. The van der Waals surface area contributed by atoms with Crippen LogP contribution in [0.5, 0.6) is 17.2 Å². The average Bonchev–Trinajstić information content (AvgIpc) is 3.08. The molecule has 3 aromatic rings. The highest BCUT2D eigenvalue weighted by Gasteiger charge is 2.35. The number of benzene rings is 3. The van der Waals surface area contributed by atoms with Crippen molar-refractivity contribution in [2.45, 2.75) is 13.5 Å². The number of phenolic OH excluding ortho intramolecular Hbond substituents is 3. The summed E-state index contributed by atoms with van der Waals surface area (Å²) in [6.07, 6.45) is 1.47. The van der Waals surface area contributed by atoms with Gasteiger partial charge in [-0.2, -0.15) is 0 Å². The quantitative estimate of drug-likeness (QED) is 0.178. The van der Waals surface area contributed by atoms with Crippen molar-refractivity contribution in [3.63, 3.8) is 0 Å². The highest BCUT2D eigenvalue weighted by Crippen LogP contribution is 2.35. The van der Waals surface area contributed by atoms with Gasteiger partial charge in [-0.15, -0.1) is 0 Å². The van der Waals surface area contributed by atoms with Crippen molar-refractivity contribution >= 4 is 63.8 Å². The predicted octanol–water partition coefficient (Wildman–Crippen LogP) is 5.91. The summed E-state index contributed by atoms with van der Waals surface area (Å²) in [5, 5.41) is 32.3. The second-order valence-electron chi connectivity index (χ2n) is 7.91. The standard InChI is InChI=1S/C25H18Cl2N2O6S/c1-12-6-14(7-16(22(12)32)23(33)28-15-3-5-19(30)20(31)10-15)9-21-24(34)29(25(35)36-21)11-13-2-4-17(26)18(27)8-13/h2-10,30-32H,11H2,1H3,(H,28,33). The van der Waals surface area contributed by atoms with Gasteiger partial charge in [0, 0.05) is 11.8 Å². The number of amides is 3. The third-order valence-electron chi connectivity index (χ3n) is 5.30. The van der Waals surface area contributed by atoms with Crippen LogP contribution in [0.3, 0.4) is 0 Å². The largest absolute Gasteiger partial charge is 0.507 e. The van der Waals surface area contributed by atoms with Crippen molar-refractivity contribution < 1.29 is 29.7 Å². The summed E-state index contributed by atoms with van der Waals surface area (Å²) < 4.78 is 0. The highest BCUT2D eigenvalue weighted by atomic mass is 35.5. The summed E-state index contributed by atoms with van der Waals surface area (Å²) in [5.41, 5.74) is 1.54. The van der Waals surface area contributed by atoms with E-state index in [1.54, 1.807) is 31.2 Å². The normalized spacial score (nSPS) is 14.5. The van der Waals surface area contributed by atoms with E-state index < -0.39 is 22.8 Å². The van der Waals surface area contributed by atoms with Gasteiger partial charge in [0.05, 0.1) is 27.1 Å². The van der Waals surface area contributed by atoms with Crippen molar-refractivity contribution in [2.24, 2.45) is 0 Å². The molecule has 1 saturated heterocycles. The molecule has 0 atom stereocenters. The van der Waals surface area contributed by atoms with Crippen LogP contribution in [-0.4, -0.2) is 37.3 Å². The lowest BCUT2D eigenvalue weighted by molar-refractivity contribution is -0.123. The number of phenols is 3. The highest BCUT2D eigenvalue weighted by molar-refractivity contribution is 8.18. The van der Waals surface area contributed by atoms with E-state index in [1.165, 1.54) is 24.3 Å². The summed E-state index contributed by atoms with van der Waals surface area (Å²) in [6, 6.07) is 11.5. The molecule has 3 aromatic carbocycles. The van der Waals surface area contributed by atoms with Gasteiger partial charge in [0.15, 0.2) is 11.5 Å². The van der Waals surface area contributed by atoms with Crippen LogP contribution in [0, 0.1) is 6.92 Å². The number of nitrogens with one attached hydrogen (secondary N) is 1. The van der Waals surface area contributed by atoms with Crippen LogP contribution in [0.25, 0.3) is 6.08 Å². The summed E-state index contributed by atoms with van der Waals surface area (Å²) in [4.78, 5) is 39.5. The van der Waals surface area contributed by atoms with Gasteiger partial charge in [-0.3, -0.25) is 19.3 Å². The lowest BCUT2D eigenvalue weighted by Gasteiger charge is -2.13. The molecule has 0 radical (unpaired) electrons. The fraction of sp³-hybridized carbons (Fsp3) is 0.0800. The number of rotatable bonds is 5. The predicted molar refractivity (Wildman–Crippen MR) is 139 cm³/mol. The fourth-order valence-corrected chi connectivity index (χ4v) is 4.63.